The van der Waals surface area contributed by atoms with Crippen LogP contribution in [0.15, 0.2) is 0 Å². The van der Waals surface area contributed by atoms with E-state index in [0.717, 1.165) is 12.8 Å². The number of unbranched alkanes of at least 4 members (excludes halogenated alkanes) is 1. The van der Waals surface area contributed by atoms with Gasteiger partial charge in [0.05, 0.1) is 0 Å². The summed E-state index contributed by atoms with van der Waals surface area (Å²) in [6, 6.07) is -1.60. The molecule has 0 aromatic carbocycles. The van der Waals surface area contributed by atoms with E-state index in [1.165, 1.54) is 0 Å². The Hall–Kier alpha value is -1.34. The SMILES string of the molecule is COCCCCNC(=O)N[C@@H](CCO)C(=O)O. The van der Waals surface area contributed by atoms with Crippen molar-refractivity contribution in [3.05, 3.63) is 0 Å². The van der Waals surface area contributed by atoms with Gasteiger partial charge in [0, 0.05) is 33.3 Å². The predicted octanol–water partition coefficient (Wildman–Crippen LogP) is -0.452. The topological polar surface area (TPSA) is 108 Å². The number of amides is 2. The number of carbonyl (C=O) groups excluding carboxylic acids is 1. The van der Waals surface area contributed by atoms with Gasteiger partial charge >= 0.3 is 12.0 Å². The highest BCUT2D eigenvalue weighted by molar-refractivity contribution is 5.82. The molecule has 17 heavy (non-hydrogen) atoms. The molecule has 4 N–H and O–H groups in total. The average molecular weight is 248 g/mol. The lowest BCUT2D eigenvalue weighted by Crippen LogP contribution is -2.46. The maximum atomic E-state index is 11.3. The lowest BCUT2D eigenvalue weighted by Gasteiger charge is -2.13. The monoisotopic (exact) mass is 248 g/mol. The number of hydrogen-bond acceptors (Lipinski definition) is 4. The number of rotatable bonds is 9. The number of hydrogen-bond donors (Lipinski definition) is 4. The van der Waals surface area contributed by atoms with Crippen molar-refractivity contribution in [3.63, 3.8) is 0 Å². The molecule has 0 aliphatic rings. The van der Waals surface area contributed by atoms with E-state index in [4.69, 9.17) is 14.9 Å². The molecule has 1 atom stereocenters. The lowest BCUT2D eigenvalue weighted by atomic mass is 10.2. The van der Waals surface area contributed by atoms with Crippen LogP contribution in [0.3, 0.4) is 0 Å². The number of aliphatic hydroxyl groups is 1. The zero-order chi connectivity index (χ0) is 13.1. The van der Waals surface area contributed by atoms with Crippen molar-refractivity contribution in [1.82, 2.24) is 10.6 Å². The van der Waals surface area contributed by atoms with Crippen molar-refractivity contribution in [2.24, 2.45) is 0 Å². The molecule has 0 bridgehead atoms. The van der Waals surface area contributed by atoms with Gasteiger partial charge in [0.2, 0.25) is 0 Å². The number of carbonyl (C=O) groups is 2. The first-order valence-corrected chi connectivity index (χ1v) is 5.48. The van der Waals surface area contributed by atoms with Crippen LogP contribution < -0.4 is 10.6 Å². The van der Waals surface area contributed by atoms with Crippen LogP contribution in [0.1, 0.15) is 19.3 Å². The zero-order valence-corrected chi connectivity index (χ0v) is 9.94. The molecule has 7 nitrogen and oxygen atoms in total. The fourth-order valence-electron chi connectivity index (χ4n) is 1.17. The van der Waals surface area contributed by atoms with Crippen molar-refractivity contribution in [2.45, 2.75) is 25.3 Å². The summed E-state index contributed by atoms with van der Waals surface area (Å²) < 4.78 is 4.84. The summed E-state index contributed by atoms with van der Waals surface area (Å²) in [7, 11) is 1.60. The molecule has 0 saturated heterocycles. The van der Waals surface area contributed by atoms with E-state index < -0.39 is 18.0 Å². The van der Waals surface area contributed by atoms with Crippen molar-refractivity contribution in [2.75, 3.05) is 26.9 Å². The van der Waals surface area contributed by atoms with E-state index >= 15 is 0 Å². The average Bonchev–Trinajstić information content (AvgIpc) is 2.28. The molecule has 0 heterocycles. The summed E-state index contributed by atoms with van der Waals surface area (Å²) in [4.78, 5) is 21.9. The molecule has 100 valence electrons. The molecule has 0 unspecified atom stereocenters. The van der Waals surface area contributed by atoms with E-state index in [2.05, 4.69) is 10.6 Å². The second-order valence-electron chi connectivity index (χ2n) is 3.50. The minimum Gasteiger partial charge on any atom is -0.480 e. The van der Waals surface area contributed by atoms with E-state index in [1.54, 1.807) is 7.11 Å². The van der Waals surface area contributed by atoms with Gasteiger partial charge in [0.25, 0.3) is 0 Å². The number of ether oxygens (including phenoxy) is 1. The van der Waals surface area contributed by atoms with Gasteiger partial charge in [-0.25, -0.2) is 9.59 Å². The number of carboxylic acids is 1. The Bertz CT molecular complexity index is 235. The van der Waals surface area contributed by atoms with Gasteiger partial charge in [-0.2, -0.15) is 0 Å². The van der Waals surface area contributed by atoms with Crippen LogP contribution in [0.5, 0.6) is 0 Å². The second kappa shape index (κ2) is 9.86. The Balaban J connectivity index is 3.71. The van der Waals surface area contributed by atoms with Crippen LogP contribution in [0.2, 0.25) is 0 Å². The van der Waals surface area contributed by atoms with Crippen molar-refractivity contribution < 1.29 is 24.5 Å². The molecule has 0 saturated carbocycles. The molecule has 0 aliphatic carbocycles. The summed E-state index contributed by atoms with van der Waals surface area (Å²) in [5, 5.41) is 22.1. The summed E-state index contributed by atoms with van der Waals surface area (Å²) >= 11 is 0. The first-order chi connectivity index (χ1) is 8.11. The predicted molar refractivity (Wildman–Crippen MR) is 60.8 cm³/mol. The molecule has 0 aromatic rings. The molecule has 0 aromatic heterocycles. The Morgan fingerprint density at radius 1 is 1.35 bits per heavy atom. The molecule has 0 radical (unpaired) electrons. The van der Waals surface area contributed by atoms with E-state index in [1.807, 2.05) is 0 Å². The first-order valence-electron chi connectivity index (χ1n) is 5.48. The second-order valence-corrected chi connectivity index (χ2v) is 3.50. The van der Waals surface area contributed by atoms with Crippen LogP contribution in [0.4, 0.5) is 4.79 Å². The minimum atomic E-state index is -1.16. The Kier molecular flexibility index (Phi) is 9.08. The number of nitrogens with one attached hydrogen (secondary N) is 2. The molecular formula is C10H20N2O5. The molecule has 2 amide bonds. The maximum Gasteiger partial charge on any atom is 0.326 e. The fraction of sp³-hybridized carbons (Fsp3) is 0.800. The third-order valence-electron chi connectivity index (χ3n) is 2.08. The molecular weight excluding hydrogens is 228 g/mol. The molecule has 0 rings (SSSR count). The van der Waals surface area contributed by atoms with Crippen LogP contribution in [0.25, 0.3) is 0 Å². The highest BCUT2D eigenvalue weighted by atomic mass is 16.5. The van der Waals surface area contributed by atoms with Gasteiger partial charge in [-0.1, -0.05) is 0 Å². The Labute approximate surface area is 100 Å². The van der Waals surface area contributed by atoms with Crippen molar-refractivity contribution in [3.8, 4) is 0 Å². The molecule has 7 heteroatoms. The Morgan fingerprint density at radius 3 is 2.59 bits per heavy atom. The van der Waals surface area contributed by atoms with Crippen LogP contribution in [-0.4, -0.2) is 55.1 Å². The normalized spacial score (nSPS) is 11.9. The van der Waals surface area contributed by atoms with Gasteiger partial charge in [-0.3, -0.25) is 0 Å². The number of aliphatic hydroxyl groups excluding tert-OH is 1. The van der Waals surface area contributed by atoms with Gasteiger partial charge in [-0.15, -0.1) is 0 Å². The fourth-order valence-corrected chi connectivity index (χ4v) is 1.17. The number of urea groups is 1. The first kappa shape index (κ1) is 15.7. The minimum absolute atomic E-state index is 0.00751. The van der Waals surface area contributed by atoms with Crippen LogP contribution >= 0.6 is 0 Å². The van der Waals surface area contributed by atoms with Gasteiger partial charge in [0.15, 0.2) is 0 Å². The smallest absolute Gasteiger partial charge is 0.326 e. The molecule has 0 aliphatic heterocycles. The quantitative estimate of drug-likeness (QED) is 0.413. The van der Waals surface area contributed by atoms with Crippen LogP contribution in [-0.2, 0) is 9.53 Å². The van der Waals surface area contributed by atoms with E-state index in [9.17, 15) is 9.59 Å². The van der Waals surface area contributed by atoms with Gasteiger partial charge in [0.1, 0.15) is 6.04 Å². The molecule has 0 spiro atoms. The lowest BCUT2D eigenvalue weighted by molar-refractivity contribution is -0.139. The third kappa shape index (κ3) is 8.47. The van der Waals surface area contributed by atoms with Crippen LogP contribution in [0, 0.1) is 0 Å². The summed E-state index contributed by atoms with van der Waals surface area (Å²) in [5.74, 6) is -1.16. The summed E-state index contributed by atoms with van der Waals surface area (Å²) in [6.45, 7) is 0.803. The van der Waals surface area contributed by atoms with E-state index in [0.29, 0.717) is 13.2 Å². The third-order valence-corrected chi connectivity index (χ3v) is 2.08. The summed E-state index contributed by atoms with van der Waals surface area (Å²) in [6.07, 6.45) is 1.58. The Morgan fingerprint density at radius 2 is 2.06 bits per heavy atom. The number of carboxylic acid groups (broad SMARTS) is 1. The zero-order valence-electron chi connectivity index (χ0n) is 9.94. The number of methoxy groups -OCH3 is 1. The maximum absolute atomic E-state index is 11.3. The standard InChI is InChI=1S/C10H20N2O5/c1-17-7-3-2-5-11-10(16)12-8(4-6-13)9(14)15/h8,13H,2-7H2,1H3,(H,14,15)(H2,11,12,16)/t8-/m0/s1. The largest absolute Gasteiger partial charge is 0.480 e. The summed E-state index contributed by atoms with van der Waals surface area (Å²) in [5.41, 5.74) is 0. The van der Waals surface area contributed by atoms with Gasteiger partial charge < -0.3 is 25.6 Å². The van der Waals surface area contributed by atoms with Crippen molar-refractivity contribution >= 4 is 12.0 Å². The van der Waals surface area contributed by atoms with Gasteiger partial charge in [-0.05, 0) is 12.8 Å². The van der Waals surface area contributed by atoms with Crippen molar-refractivity contribution in [1.29, 1.82) is 0 Å². The molecule has 0 fully saturated rings. The highest BCUT2D eigenvalue weighted by Gasteiger charge is 2.18. The van der Waals surface area contributed by atoms with E-state index in [-0.39, 0.29) is 13.0 Å². The highest BCUT2D eigenvalue weighted by Crippen LogP contribution is 1.91. The number of aliphatic carboxylic acids is 1.